The number of carbonyl (C=O) groups is 2. The molecule has 49 heavy (non-hydrogen) atoms. The van der Waals surface area contributed by atoms with E-state index in [1.54, 1.807) is 9.47 Å². The van der Waals surface area contributed by atoms with Crippen molar-refractivity contribution in [2.75, 3.05) is 25.1 Å². The topological polar surface area (TPSA) is 144 Å². The highest BCUT2D eigenvalue weighted by atomic mass is 35.5. The van der Waals surface area contributed by atoms with Crippen molar-refractivity contribution in [3.63, 3.8) is 0 Å². The minimum absolute atomic E-state index is 0.00386. The number of ether oxygens (including phenoxy) is 1. The number of anilines is 1. The molecule has 1 fully saturated rings. The van der Waals surface area contributed by atoms with Crippen molar-refractivity contribution in [3.05, 3.63) is 86.3 Å². The second-order valence-electron chi connectivity index (χ2n) is 12.6. The first kappa shape index (κ1) is 32.8. The number of rotatable bonds is 5. The maximum Gasteiger partial charge on any atom is 0.416 e. The van der Waals surface area contributed by atoms with E-state index >= 15 is 0 Å². The molecule has 1 saturated heterocycles. The van der Waals surface area contributed by atoms with Crippen molar-refractivity contribution in [2.24, 2.45) is 0 Å². The number of hydrogen-bond acceptors (Lipinski definition) is 8. The van der Waals surface area contributed by atoms with Gasteiger partial charge in [-0.05, 0) is 74.9 Å². The largest absolute Gasteiger partial charge is 0.505 e. The number of pyridine rings is 1. The van der Waals surface area contributed by atoms with Crippen LogP contribution in [0.3, 0.4) is 0 Å². The van der Waals surface area contributed by atoms with Gasteiger partial charge in [-0.2, -0.15) is 22.7 Å². The number of amides is 2. The summed E-state index contributed by atoms with van der Waals surface area (Å²) in [4.78, 5) is 51.6. The first-order valence-electron chi connectivity index (χ1n) is 15.8. The molecule has 1 spiro atoms. The molecule has 1 aromatic carbocycles. The van der Waals surface area contributed by atoms with Crippen LogP contribution in [-0.2, 0) is 34.1 Å². The van der Waals surface area contributed by atoms with Gasteiger partial charge in [0.15, 0.2) is 11.5 Å². The zero-order chi connectivity index (χ0) is 34.7. The maximum absolute atomic E-state index is 14.3. The average Bonchev–Trinajstić information content (AvgIpc) is 3.67. The van der Waals surface area contributed by atoms with Crippen molar-refractivity contribution in [3.8, 4) is 5.75 Å². The quantitative estimate of drug-likeness (QED) is 0.308. The second kappa shape index (κ2) is 12.3. The Morgan fingerprint density at radius 3 is 2.71 bits per heavy atom. The van der Waals surface area contributed by atoms with Crippen LogP contribution in [0.1, 0.15) is 65.7 Å². The number of nitrogens with one attached hydrogen (secondary N) is 1. The minimum Gasteiger partial charge on any atom is -0.505 e. The second-order valence-corrected chi connectivity index (χ2v) is 13.0. The lowest BCUT2D eigenvalue weighted by molar-refractivity contribution is -0.137. The zero-order valence-corrected chi connectivity index (χ0v) is 27.0. The van der Waals surface area contributed by atoms with Crippen LogP contribution in [0.2, 0.25) is 5.02 Å². The summed E-state index contributed by atoms with van der Waals surface area (Å²) in [7, 11) is 0. The zero-order valence-electron chi connectivity index (χ0n) is 26.3. The maximum atomic E-state index is 14.3. The summed E-state index contributed by atoms with van der Waals surface area (Å²) >= 11 is 6.12. The molecule has 4 aromatic rings. The van der Waals surface area contributed by atoms with Crippen LogP contribution >= 0.6 is 11.6 Å². The Hall–Kier alpha value is -4.76. The van der Waals surface area contributed by atoms with Crippen LogP contribution in [0.4, 0.5) is 18.9 Å². The number of alkyl halides is 3. The average molecular weight is 698 g/mol. The fourth-order valence-corrected chi connectivity index (χ4v) is 7.55. The number of benzene rings is 1. The summed E-state index contributed by atoms with van der Waals surface area (Å²) in [6.07, 6.45) is 1.12. The third-order valence-electron chi connectivity index (χ3n) is 9.64. The van der Waals surface area contributed by atoms with Gasteiger partial charge in [-0.25, -0.2) is 4.98 Å². The van der Waals surface area contributed by atoms with Crippen LogP contribution in [0, 0.1) is 0 Å². The van der Waals surface area contributed by atoms with Crippen LogP contribution in [0.5, 0.6) is 5.75 Å². The van der Waals surface area contributed by atoms with Crippen LogP contribution in [-0.4, -0.2) is 71.8 Å². The smallest absolute Gasteiger partial charge is 0.416 e. The molecular formula is C33H31ClF3N7O5. The molecule has 0 bridgehead atoms. The molecule has 0 unspecified atom stereocenters. The van der Waals surface area contributed by atoms with E-state index in [0.29, 0.717) is 68.9 Å². The molecule has 2 aliphatic heterocycles. The SMILES string of the molecule is C[C@H]1C[C@]2(CCc3c2c(=O)n2nc(C4=CCOCC4)nc2n3CC(=O)Nc2ccc(C(F)(F)F)cc2Cl)CCN1C(=O)c1ncccc1O. The lowest BCUT2D eigenvalue weighted by atomic mass is 9.72. The van der Waals surface area contributed by atoms with Crippen molar-refractivity contribution in [1.82, 2.24) is 29.0 Å². The number of fused-ring (bicyclic) bond motifs is 3. The molecule has 1 aliphatic carbocycles. The van der Waals surface area contributed by atoms with E-state index < -0.39 is 29.0 Å². The Labute approximate surface area is 282 Å². The molecule has 0 saturated carbocycles. The van der Waals surface area contributed by atoms with Gasteiger partial charge in [0.05, 0.1) is 29.5 Å². The summed E-state index contributed by atoms with van der Waals surface area (Å²) in [6, 6.07) is 5.30. The molecule has 3 aromatic heterocycles. The number of likely N-dealkylation sites (tertiary alicyclic amines) is 1. The van der Waals surface area contributed by atoms with Gasteiger partial charge in [-0.15, -0.1) is 5.10 Å². The van der Waals surface area contributed by atoms with E-state index in [2.05, 4.69) is 15.4 Å². The van der Waals surface area contributed by atoms with Crippen LogP contribution in [0.15, 0.2) is 47.4 Å². The Balaban J connectivity index is 1.26. The summed E-state index contributed by atoms with van der Waals surface area (Å²) in [5.41, 5.74) is -0.0688. The van der Waals surface area contributed by atoms with Crippen molar-refractivity contribution >= 4 is 40.5 Å². The van der Waals surface area contributed by atoms with Crippen molar-refractivity contribution in [2.45, 2.75) is 63.2 Å². The first-order valence-corrected chi connectivity index (χ1v) is 16.2. The molecule has 256 valence electrons. The Kier molecular flexibility index (Phi) is 8.22. The summed E-state index contributed by atoms with van der Waals surface area (Å²) in [5, 5.41) is 17.2. The first-order chi connectivity index (χ1) is 23.4. The van der Waals surface area contributed by atoms with E-state index in [1.807, 2.05) is 13.0 Å². The van der Waals surface area contributed by atoms with E-state index in [1.165, 1.54) is 22.8 Å². The number of aromatic hydroxyl groups is 1. The Bertz CT molecular complexity index is 2100. The standard InChI is InChI=1S/C33H31ClF3N7O5/c1-18-16-32(10-12-42(18)30(48)27-24(45)3-2-11-38-27)9-6-23-26(32)29(47)44-31(40-28(41-44)19-7-13-49-14-8-19)43(23)17-25(46)39-22-5-4-20(15-21(22)34)33(35,36)37/h2-5,7,11,15,18,45H,6,8-10,12-14,16-17H2,1H3,(H,39,46)/t18-,32-/m0/s1. The monoisotopic (exact) mass is 697 g/mol. The molecular weight excluding hydrogens is 667 g/mol. The summed E-state index contributed by atoms with van der Waals surface area (Å²) < 4.78 is 47.8. The Morgan fingerprint density at radius 2 is 2.02 bits per heavy atom. The van der Waals surface area contributed by atoms with E-state index in [9.17, 15) is 32.7 Å². The van der Waals surface area contributed by atoms with Gasteiger partial charge in [0, 0.05) is 35.5 Å². The number of nitrogens with zero attached hydrogens (tertiary/aromatic N) is 6. The van der Waals surface area contributed by atoms with E-state index in [0.717, 1.165) is 23.8 Å². The number of aromatic nitrogens is 5. The van der Waals surface area contributed by atoms with Gasteiger partial charge in [0.1, 0.15) is 12.3 Å². The van der Waals surface area contributed by atoms with Crippen LogP contribution in [0.25, 0.3) is 11.4 Å². The lowest BCUT2D eigenvalue weighted by Gasteiger charge is -2.44. The molecule has 12 nitrogen and oxygen atoms in total. The van der Waals surface area contributed by atoms with Crippen molar-refractivity contribution in [1.29, 1.82) is 0 Å². The summed E-state index contributed by atoms with van der Waals surface area (Å²) in [5.74, 6) is -0.718. The molecule has 2 atom stereocenters. The number of hydrogen-bond donors (Lipinski definition) is 2. The van der Waals surface area contributed by atoms with Gasteiger partial charge in [0.25, 0.3) is 11.5 Å². The van der Waals surface area contributed by atoms with Gasteiger partial charge >= 0.3 is 6.18 Å². The molecule has 7 rings (SSSR count). The number of carbonyl (C=O) groups excluding carboxylic acids is 2. The fourth-order valence-electron chi connectivity index (χ4n) is 7.32. The molecule has 16 heteroatoms. The third kappa shape index (κ3) is 5.84. The van der Waals surface area contributed by atoms with Gasteiger partial charge < -0.3 is 24.6 Å². The third-order valence-corrected chi connectivity index (χ3v) is 9.96. The summed E-state index contributed by atoms with van der Waals surface area (Å²) in [6.45, 7) is 2.70. The highest BCUT2D eigenvalue weighted by Gasteiger charge is 2.48. The predicted molar refractivity (Wildman–Crippen MR) is 171 cm³/mol. The lowest BCUT2D eigenvalue weighted by Crippen LogP contribution is -2.51. The molecule has 0 radical (unpaired) electrons. The van der Waals surface area contributed by atoms with E-state index in [4.69, 9.17) is 21.3 Å². The van der Waals surface area contributed by atoms with Crippen LogP contribution < -0.4 is 10.9 Å². The molecule has 3 aliphatic rings. The van der Waals surface area contributed by atoms with Gasteiger partial charge in [-0.1, -0.05) is 17.7 Å². The number of halogens is 4. The molecule has 2 amide bonds. The normalized spacial score (nSPS) is 20.8. The Morgan fingerprint density at radius 1 is 1.20 bits per heavy atom. The van der Waals surface area contributed by atoms with Gasteiger partial charge in [-0.3, -0.25) is 14.4 Å². The number of piperidine rings is 1. The fraction of sp³-hybridized carbons (Fsp3) is 0.394. The highest BCUT2D eigenvalue weighted by Crippen LogP contribution is 2.47. The highest BCUT2D eigenvalue weighted by molar-refractivity contribution is 6.33. The predicted octanol–water partition coefficient (Wildman–Crippen LogP) is 4.61. The molecule has 5 heterocycles. The molecule has 2 N–H and O–H groups in total. The van der Waals surface area contributed by atoms with Gasteiger partial charge in [0.2, 0.25) is 11.7 Å². The van der Waals surface area contributed by atoms with Crippen molar-refractivity contribution < 1.29 is 32.6 Å². The van der Waals surface area contributed by atoms with E-state index in [-0.39, 0.29) is 46.1 Å². The minimum atomic E-state index is -4.60.